The van der Waals surface area contributed by atoms with Crippen molar-refractivity contribution >= 4 is 5.91 Å². The summed E-state index contributed by atoms with van der Waals surface area (Å²) in [4.78, 5) is 20.0. The molecule has 3 heterocycles. The molecule has 2 fully saturated rings. The van der Waals surface area contributed by atoms with E-state index in [-0.39, 0.29) is 5.82 Å². The Morgan fingerprint density at radius 3 is 2.83 bits per heavy atom. The molecule has 1 aromatic rings. The van der Waals surface area contributed by atoms with E-state index in [9.17, 15) is 4.79 Å². The molecule has 8 heteroatoms. The van der Waals surface area contributed by atoms with Gasteiger partial charge in [0.1, 0.15) is 0 Å². The summed E-state index contributed by atoms with van der Waals surface area (Å²) in [6, 6.07) is 0.524. The van der Waals surface area contributed by atoms with Crippen LogP contribution >= 0.6 is 0 Å². The summed E-state index contributed by atoms with van der Waals surface area (Å²) >= 11 is 0. The molecular weight excluding hydrogens is 298 g/mol. The molecule has 8 nitrogen and oxygen atoms in total. The predicted octanol–water partition coefficient (Wildman–Crippen LogP) is 0.245. The van der Waals surface area contributed by atoms with Gasteiger partial charge in [-0.1, -0.05) is 11.6 Å². The second-order valence-electron chi connectivity index (χ2n) is 6.24. The lowest BCUT2D eigenvalue weighted by atomic mass is 9.99. The Kier molecular flexibility index (Phi) is 5.58. The Balaban J connectivity index is 1.53. The van der Waals surface area contributed by atoms with Crippen molar-refractivity contribution in [2.45, 2.75) is 38.3 Å². The van der Waals surface area contributed by atoms with Gasteiger partial charge >= 0.3 is 0 Å². The number of hydrogen-bond acceptors (Lipinski definition) is 7. The summed E-state index contributed by atoms with van der Waals surface area (Å²) in [6.07, 6.45) is 4.78. The van der Waals surface area contributed by atoms with E-state index in [0.717, 1.165) is 45.8 Å². The number of carbonyl (C=O) groups excluding carboxylic acids is 1. The largest absolute Gasteiger partial charge is 0.379 e. The van der Waals surface area contributed by atoms with Gasteiger partial charge in [0, 0.05) is 19.1 Å². The lowest BCUT2D eigenvalue weighted by Gasteiger charge is -2.36. The molecular formula is C15H25N5O3. The number of aromatic nitrogens is 2. The maximum atomic E-state index is 11.1. The molecule has 0 aromatic carbocycles. The first-order valence-corrected chi connectivity index (χ1v) is 8.39. The van der Waals surface area contributed by atoms with Crippen LogP contribution in [0, 0.1) is 0 Å². The first-order chi connectivity index (χ1) is 11.2. The Morgan fingerprint density at radius 2 is 2.09 bits per heavy atom. The Bertz CT molecular complexity index is 515. The molecule has 2 N–H and O–H groups in total. The van der Waals surface area contributed by atoms with Gasteiger partial charge in [-0.3, -0.25) is 14.6 Å². The van der Waals surface area contributed by atoms with Crippen LogP contribution in [-0.2, 0) is 11.3 Å². The van der Waals surface area contributed by atoms with Crippen molar-refractivity contribution in [3.63, 3.8) is 0 Å². The molecule has 0 spiro atoms. The number of hydrogen-bond donors (Lipinski definition) is 1. The quantitative estimate of drug-likeness (QED) is 0.801. The number of nitrogens with two attached hydrogens (primary N) is 1. The molecule has 1 amide bonds. The SMILES string of the molecule is NC(=O)c1noc(CN2CCCC[C@H]2CCN2CCOCC2)n1. The number of nitrogens with zero attached hydrogens (tertiary/aromatic N) is 4. The molecule has 1 aromatic heterocycles. The van der Waals surface area contributed by atoms with Crippen molar-refractivity contribution in [3.8, 4) is 0 Å². The summed E-state index contributed by atoms with van der Waals surface area (Å²) < 4.78 is 10.5. The highest BCUT2D eigenvalue weighted by atomic mass is 16.5. The topological polar surface area (TPSA) is 97.7 Å². The number of ether oxygens (including phenoxy) is 1. The third kappa shape index (κ3) is 4.49. The molecule has 2 aliphatic rings. The van der Waals surface area contributed by atoms with Crippen molar-refractivity contribution in [2.24, 2.45) is 5.73 Å². The Labute approximate surface area is 135 Å². The molecule has 0 saturated carbocycles. The number of rotatable bonds is 6. The van der Waals surface area contributed by atoms with Crippen LogP contribution in [0.15, 0.2) is 4.52 Å². The van der Waals surface area contributed by atoms with E-state index in [0.29, 0.717) is 18.5 Å². The molecule has 128 valence electrons. The van der Waals surface area contributed by atoms with E-state index >= 15 is 0 Å². The van der Waals surface area contributed by atoms with Crippen LogP contribution in [0.3, 0.4) is 0 Å². The van der Waals surface area contributed by atoms with Gasteiger partial charge in [-0.05, 0) is 32.4 Å². The third-order valence-electron chi connectivity index (χ3n) is 4.66. The van der Waals surface area contributed by atoms with E-state index in [4.69, 9.17) is 15.0 Å². The molecule has 23 heavy (non-hydrogen) atoms. The van der Waals surface area contributed by atoms with Gasteiger partial charge in [-0.2, -0.15) is 4.98 Å². The van der Waals surface area contributed by atoms with Crippen LogP contribution in [0.1, 0.15) is 42.2 Å². The maximum Gasteiger partial charge on any atom is 0.290 e. The highest BCUT2D eigenvalue weighted by Crippen LogP contribution is 2.22. The van der Waals surface area contributed by atoms with E-state index in [1.807, 2.05) is 0 Å². The molecule has 0 aliphatic carbocycles. The van der Waals surface area contributed by atoms with Crippen molar-refractivity contribution in [1.29, 1.82) is 0 Å². The maximum absolute atomic E-state index is 11.1. The molecule has 2 saturated heterocycles. The second kappa shape index (κ2) is 7.85. The minimum atomic E-state index is -0.650. The van der Waals surface area contributed by atoms with Gasteiger partial charge in [0.15, 0.2) is 0 Å². The van der Waals surface area contributed by atoms with Gasteiger partial charge in [0.2, 0.25) is 5.89 Å². The zero-order chi connectivity index (χ0) is 16.1. The zero-order valence-electron chi connectivity index (χ0n) is 13.4. The predicted molar refractivity (Wildman–Crippen MR) is 82.7 cm³/mol. The zero-order valence-corrected chi connectivity index (χ0v) is 13.4. The van der Waals surface area contributed by atoms with Gasteiger partial charge in [0.05, 0.1) is 19.8 Å². The first kappa shape index (κ1) is 16.4. The normalized spacial score (nSPS) is 23.9. The summed E-state index contributed by atoms with van der Waals surface area (Å²) in [5.74, 6) is -0.221. The van der Waals surface area contributed by atoms with Crippen LogP contribution in [0.2, 0.25) is 0 Å². The lowest BCUT2D eigenvalue weighted by molar-refractivity contribution is 0.0294. The Morgan fingerprint density at radius 1 is 1.26 bits per heavy atom. The molecule has 1 atom stereocenters. The average molecular weight is 323 g/mol. The molecule has 3 rings (SSSR count). The van der Waals surface area contributed by atoms with Crippen molar-refractivity contribution in [2.75, 3.05) is 39.4 Å². The van der Waals surface area contributed by atoms with Gasteiger partial charge in [-0.25, -0.2) is 0 Å². The molecule has 0 radical (unpaired) electrons. The number of carbonyl (C=O) groups is 1. The minimum absolute atomic E-state index is 0.0399. The lowest BCUT2D eigenvalue weighted by Crippen LogP contribution is -2.43. The van der Waals surface area contributed by atoms with Gasteiger partial charge < -0.3 is 15.0 Å². The molecule has 0 bridgehead atoms. The fourth-order valence-corrected chi connectivity index (χ4v) is 3.34. The van der Waals surface area contributed by atoms with Crippen molar-refractivity contribution in [3.05, 3.63) is 11.7 Å². The van der Waals surface area contributed by atoms with E-state index < -0.39 is 5.91 Å². The monoisotopic (exact) mass is 323 g/mol. The minimum Gasteiger partial charge on any atom is -0.379 e. The number of morpholine rings is 1. The Hall–Kier alpha value is -1.51. The number of amides is 1. The fourth-order valence-electron chi connectivity index (χ4n) is 3.34. The molecule has 0 unspecified atom stereocenters. The summed E-state index contributed by atoms with van der Waals surface area (Å²) in [6.45, 7) is 6.45. The van der Waals surface area contributed by atoms with Crippen molar-refractivity contribution < 1.29 is 14.1 Å². The second-order valence-corrected chi connectivity index (χ2v) is 6.24. The summed E-state index contributed by atoms with van der Waals surface area (Å²) in [5, 5.41) is 3.62. The number of likely N-dealkylation sites (tertiary alicyclic amines) is 1. The fraction of sp³-hybridized carbons (Fsp3) is 0.800. The van der Waals surface area contributed by atoms with Crippen LogP contribution in [-0.4, -0.2) is 71.3 Å². The summed E-state index contributed by atoms with van der Waals surface area (Å²) in [7, 11) is 0. The number of piperidine rings is 1. The highest BCUT2D eigenvalue weighted by Gasteiger charge is 2.25. The van der Waals surface area contributed by atoms with Gasteiger partial charge in [-0.15, -0.1) is 0 Å². The van der Waals surface area contributed by atoms with Crippen LogP contribution in [0.5, 0.6) is 0 Å². The standard InChI is InChI=1S/C15H25N5O3/c16-14(21)15-17-13(23-18-15)11-20-5-2-1-3-12(20)4-6-19-7-9-22-10-8-19/h12H,1-11H2,(H2,16,21)/t12-/m0/s1. The van der Waals surface area contributed by atoms with Crippen LogP contribution in [0.4, 0.5) is 0 Å². The highest BCUT2D eigenvalue weighted by molar-refractivity contribution is 5.88. The van der Waals surface area contributed by atoms with Crippen LogP contribution < -0.4 is 5.73 Å². The number of primary amides is 1. The smallest absolute Gasteiger partial charge is 0.290 e. The van der Waals surface area contributed by atoms with E-state index in [1.54, 1.807) is 0 Å². The van der Waals surface area contributed by atoms with Crippen molar-refractivity contribution in [1.82, 2.24) is 19.9 Å². The van der Waals surface area contributed by atoms with Gasteiger partial charge in [0.25, 0.3) is 11.7 Å². The van der Waals surface area contributed by atoms with Crippen LogP contribution in [0.25, 0.3) is 0 Å². The summed E-state index contributed by atoms with van der Waals surface area (Å²) in [5.41, 5.74) is 5.16. The van der Waals surface area contributed by atoms with E-state index in [2.05, 4.69) is 19.9 Å². The van der Waals surface area contributed by atoms with E-state index in [1.165, 1.54) is 19.3 Å². The third-order valence-corrected chi connectivity index (χ3v) is 4.66. The average Bonchev–Trinajstić information content (AvgIpc) is 3.04. The molecule has 2 aliphatic heterocycles. The first-order valence-electron chi connectivity index (χ1n) is 8.39.